The molecule has 0 bridgehead atoms. The number of thiophene rings is 1. The number of rotatable bonds is 3. The normalized spacial score (nSPS) is 17.5. The molecule has 22 heavy (non-hydrogen) atoms. The number of pyridine rings is 1. The summed E-state index contributed by atoms with van der Waals surface area (Å²) in [5.41, 5.74) is 3.12. The number of benzene rings is 1. The molecule has 1 aromatic carbocycles. The van der Waals surface area contributed by atoms with Crippen LogP contribution in [0.2, 0.25) is 0 Å². The van der Waals surface area contributed by atoms with Gasteiger partial charge in [0.25, 0.3) is 0 Å². The zero-order valence-corrected chi connectivity index (χ0v) is 12.8. The third-order valence-electron chi connectivity index (χ3n) is 3.76. The average Bonchev–Trinajstić information content (AvgIpc) is 3.26. The monoisotopic (exact) mass is 305 g/mol. The van der Waals surface area contributed by atoms with Crippen molar-refractivity contribution in [3.8, 4) is 0 Å². The molecule has 0 N–H and O–H groups in total. The minimum absolute atomic E-state index is 0.249. The molecule has 4 rings (SSSR count). The predicted octanol–water partition coefficient (Wildman–Crippen LogP) is 4.50. The Kier molecular flexibility index (Phi) is 3.45. The molecule has 3 nitrogen and oxygen atoms in total. The van der Waals surface area contributed by atoms with Gasteiger partial charge in [-0.1, -0.05) is 30.3 Å². The van der Waals surface area contributed by atoms with Crippen LogP contribution in [0.5, 0.6) is 0 Å². The van der Waals surface area contributed by atoms with Gasteiger partial charge >= 0.3 is 0 Å². The summed E-state index contributed by atoms with van der Waals surface area (Å²) >= 11 is 1.78. The van der Waals surface area contributed by atoms with E-state index in [0.29, 0.717) is 0 Å². The van der Waals surface area contributed by atoms with Gasteiger partial charge in [-0.05, 0) is 35.7 Å². The molecular formula is C18H15N3S. The number of hydrogen-bond donors (Lipinski definition) is 0. The molecule has 108 valence electrons. The van der Waals surface area contributed by atoms with E-state index in [1.807, 2.05) is 30.5 Å². The topological polar surface area (TPSA) is 28.5 Å². The molecular weight excluding hydrogens is 290 g/mol. The number of nitrogens with zero attached hydrogens (tertiary/aromatic N) is 3. The largest absolute Gasteiger partial charge is 0.257 e. The molecule has 4 heteroatoms. The lowest BCUT2D eigenvalue weighted by molar-refractivity contribution is 0.722. The Bertz CT molecular complexity index is 767. The van der Waals surface area contributed by atoms with Crippen LogP contribution < -0.4 is 5.01 Å². The van der Waals surface area contributed by atoms with Crippen LogP contribution in [0.1, 0.15) is 23.0 Å². The Labute approximate surface area is 133 Å². The summed E-state index contributed by atoms with van der Waals surface area (Å²) in [6.45, 7) is 0. The van der Waals surface area contributed by atoms with Crippen LogP contribution >= 0.6 is 11.3 Å². The average molecular weight is 305 g/mol. The van der Waals surface area contributed by atoms with Crippen molar-refractivity contribution in [2.75, 3.05) is 5.01 Å². The fourth-order valence-corrected chi connectivity index (χ4v) is 3.53. The van der Waals surface area contributed by atoms with Gasteiger partial charge < -0.3 is 0 Å². The Morgan fingerprint density at radius 3 is 2.55 bits per heavy atom. The van der Waals surface area contributed by atoms with Crippen molar-refractivity contribution in [2.45, 2.75) is 12.5 Å². The lowest BCUT2D eigenvalue weighted by Crippen LogP contribution is -2.17. The zero-order chi connectivity index (χ0) is 14.8. The Hall–Kier alpha value is -2.46. The van der Waals surface area contributed by atoms with Crippen molar-refractivity contribution < 1.29 is 0 Å². The van der Waals surface area contributed by atoms with Gasteiger partial charge in [0.1, 0.15) is 0 Å². The highest BCUT2D eigenvalue weighted by Gasteiger charge is 2.30. The third-order valence-corrected chi connectivity index (χ3v) is 4.74. The van der Waals surface area contributed by atoms with Gasteiger partial charge in [0.05, 0.1) is 23.1 Å². The van der Waals surface area contributed by atoms with Crippen molar-refractivity contribution in [3.63, 3.8) is 0 Å². The van der Waals surface area contributed by atoms with Gasteiger partial charge in [0, 0.05) is 17.5 Å². The smallest absolute Gasteiger partial charge is 0.0924 e. The SMILES string of the molecule is c1ccc(N2N=C(c3ccccn3)C[C@@H]2c2cccs2)cc1. The van der Waals surface area contributed by atoms with E-state index in [2.05, 4.69) is 51.8 Å². The Morgan fingerprint density at radius 1 is 0.955 bits per heavy atom. The molecule has 1 atom stereocenters. The fraction of sp³-hybridized carbons (Fsp3) is 0.111. The van der Waals surface area contributed by atoms with E-state index in [0.717, 1.165) is 23.5 Å². The summed E-state index contributed by atoms with van der Waals surface area (Å²) < 4.78 is 0. The number of hydrazone groups is 1. The highest BCUT2D eigenvalue weighted by atomic mass is 32.1. The summed E-state index contributed by atoms with van der Waals surface area (Å²) in [4.78, 5) is 5.78. The quantitative estimate of drug-likeness (QED) is 0.713. The summed E-state index contributed by atoms with van der Waals surface area (Å²) in [7, 11) is 0. The van der Waals surface area contributed by atoms with Crippen molar-refractivity contribution in [1.82, 2.24) is 4.98 Å². The van der Waals surface area contributed by atoms with E-state index < -0.39 is 0 Å². The first-order chi connectivity index (χ1) is 10.9. The molecule has 0 fully saturated rings. The second-order valence-corrected chi connectivity index (χ2v) is 6.16. The van der Waals surface area contributed by atoms with Crippen LogP contribution in [0.15, 0.2) is 77.3 Å². The van der Waals surface area contributed by atoms with Crippen LogP contribution in [0, 0.1) is 0 Å². The summed E-state index contributed by atoms with van der Waals surface area (Å²) in [5.74, 6) is 0. The predicted molar refractivity (Wildman–Crippen MR) is 91.4 cm³/mol. The fourth-order valence-electron chi connectivity index (χ4n) is 2.72. The second-order valence-electron chi connectivity index (χ2n) is 5.18. The van der Waals surface area contributed by atoms with E-state index in [9.17, 15) is 0 Å². The van der Waals surface area contributed by atoms with E-state index in [4.69, 9.17) is 5.10 Å². The molecule has 2 aromatic heterocycles. The van der Waals surface area contributed by atoms with Crippen molar-refractivity contribution in [2.24, 2.45) is 5.10 Å². The maximum Gasteiger partial charge on any atom is 0.0924 e. The van der Waals surface area contributed by atoms with E-state index in [-0.39, 0.29) is 6.04 Å². The first kappa shape index (κ1) is 13.2. The summed E-state index contributed by atoms with van der Waals surface area (Å²) in [6.07, 6.45) is 2.70. The van der Waals surface area contributed by atoms with E-state index in [1.165, 1.54) is 4.88 Å². The lowest BCUT2D eigenvalue weighted by atomic mass is 10.1. The Balaban J connectivity index is 1.75. The maximum atomic E-state index is 4.86. The van der Waals surface area contributed by atoms with Crippen LogP contribution in [0.3, 0.4) is 0 Å². The van der Waals surface area contributed by atoms with Crippen LogP contribution in [-0.4, -0.2) is 10.7 Å². The number of hydrogen-bond acceptors (Lipinski definition) is 4. The van der Waals surface area contributed by atoms with Crippen molar-refractivity contribution >= 4 is 22.7 Å². The standard InChI is InChI=1S/C18H15N3S/c1-2-7-14(8-3-1)21-17(18-10-6-12-22-18)13-16(20-21)15-9-4-5-11-19-15/h1-12,17H,13H2/t17-/m1/s1. The van der Waals surface area contributed by atoms with Crippen LogP contribution in [0.4, 0.5) is 5.69 Å². The first-order valence-corrected chi connectivity index (χ1v) is 8.16. The molecule has 1 aliphatic heterocycles. The molecule has 0 unspecified atom stereocenters. The molecule has 0 aliphatic carbocycles. The van der Waals surface area contributed by atoms with Gasteiger partial charge in [-0.2, -0.15) is 5.10 Å². The minimum Gasteiger partial charge on any atom is -0.257 e. The molecule has 0 amide bonds. The van der Waals surface area contributed by atoms with E-state index >= 15 is 0 Å². The molecule has 3 aromatic rings. The van der Waals surface area contributed by atoms with Crippen LogP contribution in [0.25, 0.3) is 0 Å². The molecule has 0 saturated heterocycles. The van der Waals surface area contributed by atoms with Gasteiger partial charge in [-0.15, -0.1) is 11.3 Å². The van der Waals surface area contributed by atoms with E-state index in [1.54, 1.807) is 11.3 Å². The number of para-hydroxylation sites is 1. The molecule has 1 aliphatic rings. The third kappa shape index (κ3) is 2.42. The minimum atomic E-state index is 0.249. The van der Waals surface area contributed by atoms with Gasteiger partial charge in [-0.3, -0.25) is 9.99 Å². The maximum absolute atomic E-state index is 4.86. The molecule has 0 saturated carbocycles. The molecule has 0 spiro atoms. The summed E-state index contributed by atoms with van der Waals surface area (Å²) in [5, 5.41) is 9.10. The van der Waals surface area contributed by atoms with Crippen molar-refractivity contribution in [3.05, 3.63) is 82.8 Å². The lowest BCUT2D eigenvalue weighted by Gasteiger charge is -2.22. The van der Waals surface area contributed by atoms with Crippen molar-refractivity contribution in [1.29, 1.82) is 0 Å². The second kappa shape index (κ2) is 5.73. The van der Waals surface area contributed by atoms with Gasteiger partial charge in [0.15, 0.2) is 0 Å². The van der Waals surface area contributed by atoms with Gasteiger partial charge in [-0.25, -0.2) is 0 Å². The first-order valence-electron chi connectivity index (χ1n) is 7.28. The highest BCUT2D eigenvalue weighted by molar-refractivity contribution is 7.10. The van der Waals surface area contributed by atoms with Gasteiger partial charge in [0.2, 0.25) is 0 Å². The molecule has 0 radical (unpaired) electrons. The molecule has 3 heterocycles. The highest BCUT2D eigenvalue weighted by Crippen LogP contribution is 2.37. The zero-order valence-electron chi connectivity index (χ0n) is 12.0. The number of aromatic nitrogens is 1. The Morgan fingerprint density at radius 2 is 1.82 bits per heavy atom. The number of anilines is 1. The van der Waals surface area contributed by atoms with Crippen LogP contribution in [-0.2, 0) is 0 Å². The summed E-state index contributed by atoms with van der Waals surface area (Å²) in [6, 6.07) is 20.8.